The van der Waals surface area contributed by atoms with Gasteiger partial charge in [-0.05, 0) is 31.1 Å². The molecule has 1 saturated carbocycles. The second-order valence-electron chi connectivity index (χ2n) is 5.80. The van der Waals surface area contributed by atoms with Crippen LogP contribution in [0, 0.1) is 11.8 Å². The van der Waals surface area contributed by atoms with Gasteiger partial charge in [0.15, 0.2) is 0 Å². The Labute approximate surface area is 112 Å². The second kappa shape index (κ2) is 8.13. The van der Waals surface area contributed by atoms with Gasteiger partial charge in [0.1, 0.15) is 0 Å². The lowest BCUT2D eigenvalue weighted by molar-refractivity contribution is -0.0104. The van der Waals surface area contributed by atoms with Gasteiger partial charge in [0.25, 0.3) is 0 Å². The van der Waals surface area contributed by atoms with Crippen LogP contribution >= 0.6 is 0 Å². The maximum Gasteiger partial charge on any atom is 0.0603 e. The van der Waals surface area contributed by atoms with Crippen LogP contribution in [0.25, 0.3) is 0 Å². The van der Waals surface area contributed by atoms with Crippen LogP contribution in [0.15, 0.2) is 0 Å². The first-order valence-electron chi connectivity index (χ1n) is 7.80. The van der Waals surface area contributed by atoms with Crippen LogP contribution in [0.4, 0.5) is 0 Å². The summed E-state index contributed by atoms with van der Waals surface area (Å²) in [7, 11) is 0. The number of rotatable bonds is 7. The molecule has 1 N–H and O–H groups in total. The molecule has 3 atom stereocenters. The Hall–Kier alpha value is -0.120. The van der Waals surface area contributed by atoms with Crippen LogP contribution in [0.5, 0.6) is 0 Å². The normalized spacial score (nSPS) is 32.8. The minimum absolute atomic E-state index is 0.528. The standard InChI is InChI=1S/C15H29NO2/c1-2-14-5-3-4-6-15(14)18-10-8-16-11-13-7-9-17-12-13/h13-16H,2-12H2,1H3. The highest BCUT2D eigenvalue weighted by Gasteiger charge is 2.23. The van der Waals surface area contributed by atoms with Gasteiger partial charge in [0.2, 0.25) is 0 Å². The molecule has 0 spiro atoms. The summed E-state index contributed by atoms with van der Waals surface area (Å²) in [4.78, 5) is 0. The highest BCUT2D eigenvalue weighted by Crippen LogP contribution is 2.28. The lowest BCUT2D eigenvalue weighted by Crippen LogP contribution is -2.32. The van der Waals surface area contributed by atoms with Crippen LogP contribution < -0.4 is 5.32 Å². The van der Waals surface area contributed by atoms with E-state index in [0.29, 0.717) is 6.10 Å². The van der Waals surface area contributed by atoms with Crippen molar-refractivity contribution in [1.29, 1.82) is 0 Å². The largest absolute Gasteiger partial charge is 0.381 e. The Morgan fingerprint density at radius 1 is 1.22 bits per heavy atom. The minimum atomic E-state index is 0.528. The Kier molecular flexibility index (Phi) is 6.46. The molecule has 2 aliphatic rings. The average Bonchev–Trinajstić information content (AvgIpc) is 2.92. The SMILES string of the molecule is CCC1CCCCC1OCCNCC1CCOC1. The molecule has 3 heteroatoms. The predicted molar refractivity (Wildman–Crippen MR) is 73.8 cm³/mol. The van der Waals surface area contributed by atoms with E-state index in [4.69, 9.17) is 9.47 Å². The zero-order valence-corrected chi connectivity index (χ0v) is 11.8. The van der Waals surface area contributed by atoms with Gasteiger partial charge >= 0.3 is 0 Å². The molecule has 2 rings (SSSR count). The molecular weight excluding hydrogens is 226 g/mol. The van der Waals surface area contributed by atoms with Crippen LogP contribution in [-0.4, -0.2) is 39.0 Å². The molecule has 0 aromatic rings. The van der Waals surface area contributed by atoms with Gasteiger partial charge in [-0.2, -0.15) is 0 Å². The van der Waals surface area contributed by atoms with E-state index < -0.39 is 0 Å². The summed E-state index contributed by atoms with van der Waals surface area (Å²) in [5.41, 5.74) is 0. The van der Waals surface area contributed by atoms with E-state index in [2.05, 4.69) is 12.2 Å². The molecule has 2 fully saturated rings. The van der Waals surface area contributed by atoms with Gasteiger partial charge in [-0.15, -0.1) is 0 Å². The molecule has 18 heavy (non-hydrogen) atoms. The van der Waals surface area contributed by atoms with Crippen LogP contribution in [0.1, 0.15) is 45.4 Å². The first-order valence-corrected chi connectivity index (χ1v) is 7.80. The van der Waals surface area contributed by atoms with Gasteiger partial charge in [-0.3, -0.25) is 0 Å². The summed E-state index contributed by atoms with van der Waals surface area (Å²) in [6.45, 7) is 7.13. The Morgan fingerprint density at radius 2 is 2.11 bits per heavy atom. The molecule has 3 unspecified atom stereocenters. The fourth-order valence-corrected chi connectivity index (χ4v) is 3.19. The zero-order valence-electron chi connectivity index (χ0n) is 11.8. The summed E-state index contributed by atoms with van der Waals surface area (Å²) in [6, 6.07) is 0. The van der Waals surface area contributed by atoms with Crippen molar-refractivity contribution in [2.45, 2.75) is 51.6 Å². The summed E-state index contributed by atoms with van der Waals surface area (Å²) in [5, 5.41) is 3.49. The van der Waals surface area contributed by atoms with Crippen LogP contribution in [-0.2, 0) is 9.47 Å². The average molecular weight is 255 g/mol. The molecule has 0 aromatic heterocycles. The highest BCUT2D eigenvalue weighted by molar-refractivity contribution is 4.75. The lowest BCUT2D eigenvalue weighted by Gasteiger charge is -2.30. The first kappa shape index (κ1) is 14.3. The third-order valence-electron chi connectivity index (χ3n) is 4.43. The van der Waals surface area contributed by atoms with Crippen molar-refractivity contribution in [2.75, 3.05) is 32.9 Å². The van der Waals surface area contributed by atoms with Crippen LogP contribution in [0.3, 0.4) is 0 Å². The fourth-order valence-electron chi connectivity index (χ4n) is 3.19. The van der Waals surface area contributed by atoms with E-state index in [1.165, 1.54) is 38.5 Å². The molecule has 1 heterocycles. The van der Waals surface area contributed by atoms with Gasteiger partial charge in [-0.25, -0.2) is 0 Å². The van der Waals surface area contributed by atoms with Crippen LogP contribution in [0.2, 0.25) is 0 Å². The highest BCUT2D eigenvalue weighted by atomic mass is 16.5. The van der Waals surface area contributed by atoms with E-state index in [1.807, 2.05) is 0 Å². The van der Waals surface area contributed by atoms with Gasteiger partial charge in [0, 0.05) is 19.7 Å². The third kappa shape index (κ3) is 4.52. The first-order chi connectivity index (χ1) is 8.90. The number of ether oxygens (including phenoxy) is 2. The zero-order chi connectivity index (χ0) is 12.6. The third-order valence-corrected chi connectivity index (χ3v) is 4.43. The number of hydrogen-bond donors (Lipinski definition) is 1. The molecule has 0 aromatic carbocycles. The van der Waals surface area contributed by atoms with Crippen molar-refractivity contribution in [3.05, 3.63) is 0 Å². The van der Waals surface area contributed by atoms with E-state index in [1.54, 1.807) is 0 Å². The smallest absolute Gasteiger partial charge is 0.0603 e. The maximum atomic E-state index is 6.06. The van der Waals surface area contributed by atoms with E-state index in [9.17, 15) is 0 Å². The van der Waals surface area contributed by atoms with E-state index in [-0.39, 0.29) is 0 Å². The van der Waals surface area contributed by atoms with Crippen molar-refractivity contribution in [3.8, 4) is 0 Å². The molecule has 0 bridgehead atoms. The maximum absolute atomic E-state index is 6.06. The summed E-state index contributed by atoms with van der Waals surface area (Å²) in [6.07, 6.45) is 8.42. The monoisotopic (exact) mass is 255 g/mol. The Bertz CT molecular complexity index is 217. The Balaban J connectivity index is 1.51. The van der Waals surface area contributed by atoms with Crippen molar-refractivity contribution < 1.29 is 9.47 Å². The predicted octanol–water partition coefficient (Wildman–Crippen LogP) is 2.60. The lowest BCUT2D eigenvalue weighted by atomic mass is 9.85. The van der Waals surface area contributed by atoms with Gasteiger partial charge < -0.3 is 14.8 Å². The second-order valence-corrected chi connectivity index (χ2v) is 5.80. The number of hydrogen-bond acceptors (Lipinski definition) is 3. The topological polar surface area (TPSA) is 30.5 Å². The number of nitrogens with one attached hydrogen (secondary N) is 1. The molecule has 1 aliphatic heterocycles. The molecule has 106 valence electrons. The van der Waals surface area contributed by atoms with Crippen molar-refractivity contribution in [3.63, 3.8) is 0 Å². The van der Waals surface area contributed by atoms with Gasteiger partial charge in [0.05, 0.1) is 19.3 Å². The minimum Gasteiger partial charge on any atom is -0.381 e. The van der Waals surface area contributed by atoms with Crippen molar-refractivity contribution in [1.82, 2.24) is 5.32 Å². The summed E-state index contributed by atoms with van der Waals surface area (Å²) in [5.74, 6) is 1.53. The van der Waals surface area contributed by atoms with Crippen molar-refractivity contribution >= 4 is 0 Å². The Morgan fingerprint density at radius 3 is 2.89 bits per heavy atom. The molecular formula is C15H29NO2. The van der Waals surface area contributed by atoms with E-state index in [0.717, 1.165) is 44.7 Å². The summed E-state index contributed by atoms with van der Waals surface area (Å²) < 4.78 is 11.4. The van der Waals surface area contributed by atoms with E-state index >= 15 is 0 Å². The molecule has 1 aliphatic carbocycles. The fraction of sp³-hybridized carbons (Fsp3) is 1.00. The van der Waals surface area contributed by atoms with Gasteiger partial charge in [-0.1, -0.05) is 26.2 Å². The molecule has 1 saturated heterocycles. The molecule has 0 amide bonds. The quantitative estimate of drug-likeness (QED) is 0.709. The molecule has 0 radical (unpaired) electrons. The van der Waals surface area contributed by atoms with Crippen molar-refractivity contribution in [2.24, 2.45) is 11.8 Å². The summed E-state index contributed by atoms with van der Waals surface area (Å²) >= 11 is 0. The molecule has 3 nitrogen and oxygen atoms in total.